The predicted molar refractivity (Wildman–Crippen MR) is 107 cm³/mol. The molecule has 0 radical (unpaired) electrons. The largest absolute Gasteiger partial charge is 0.264 e. The van der Waals surface area contributed by atoms with Gasteiger partial charge in [-0.2, -0.15) is 5.26 Å². The molecule has 2 nitrogen and oxygen atoms in total. The van der Waals surface area contributed by atoms with Crippen molar-refractivity contribution in [3.05, 3.63) is 60.4 Å². The molecule has 25 heavy (non-hydrogen) atoms. The highest BCUT2D eigenvalue weighted by molar-refractivity contribution is 8.00. The predicted octanol–water partition coefficient (Wildman–Crippen LogP) is 6.44. The van der Waals surface area contributed by atoms with Gasteiger partial charge in [0.05, 0.1) is 11.6 Å². The molecular formula is C22H22N2S. The number of rotatable bonds is 5. The van der Waals surface area contributed by atoms with E-state index < -0.39 is 0 Å². The van der Waals surface area contributed by atoms with Crippen molar-refractivity contribution >= 4 is 22.5 Å². The quantitative estimate of drug-likeness (QED) is 0.498. The number of fused-ring (bicyclic) bond motifs is 1. The average Bonchev–Trinajstić information content (AvgIpc) is 2.61. The fourth-order valence-electron chi connectivity index (χ4n) is 3.26. The van der Waals surface area contributed by atoms with Crippen molar-refractivity contribution < 1.29 is 0 Å². The summed E-state index contributed by atoms with van der Waals surface area (Å²) < 4.78 is 0.174. The standard InChI is InChI=1S/C22H22N2S/c1-4-12-22(2,3)25-21-11-13-24-15-20(21)19-10-9-16(14-23)17-7-5-6-8-18(17)19/h5-11,13,15H,4,12H2,1-3H3. The topological polar surface area (TPSA) is 36.7 Å². The van der Waals surface area contributed by atoms with Crippen LogP contribution in [0.25, 0.3) is 21.9 Å². The van der Waals surface area contributed by atoms with Gasteiger partial charge in [-0.25, -0.2) is 0 Å². The van der Waals surface area contributed by atoms with Crippen LogP contribution in [0.5, 0.6) is 0 Å². The lowest BCUT2D eigenvalue weighted by Crippen LogP contribution is -2.13. The second-order valence-corrected chi connectivity index (χ2v) is 8.55. The first-order valence-electron chi connectivity index (χ1n) is 8.61. The average molecular weight is 346 g/mol. The number of nitrogens with zero attached hydrogens (tertiary/aromatic N) is 2. The molecule has 1 aromatic heterocycles. The summed E-state index contributed by atoms with van der Waals surface area (Å²) in [4.78, 5) is 5.61. The minimum atomic E-state index is 0.174. The Morgan fingerprint density at radius 3 is 2.52 bits per heavy atom. The Morgan fingerprint density at radius 2 is 1.80 bits per heavy atom. The molecule has 2 aromatic carbocycles. The highest BCUT2D eigenvalue weighted by Crippen LogP contribution is 2.42. The van der Waals surface area contributed by atoms with Crippen LogP contribution in [0.4, 0.5) is 0 Å². The molecule has 0 atom stereocenters. The van der Waals surface area contributed by atoms with Gasteiger partial charge in [0.2, 0.25) is 0 Å². The van der Waals surface area contributed by atoms with Gasteiger partial charge in [0.1, 0.15) is 0 Å². The highest BCUT2D eigenvalue weighted by atomic mass is 32.2. The normalized spacial score (nSPS) is 11.4. The third kappa shape index (κ3) is 3.70. The lowest BCUT2D eigenvalue weighted by molar-refractivity contribution is 0.627. The molecule has 0 spiro atoms. The van der Waals surface area contributed by atoms with Crippen LogP contribution in [0.3, 0.4) is 0 Å². The monoisotopic (exact) mass is 346 g/mol. The van der Waals surface area contributed by atoms with Crippen molar-refractivity contribution in [3.63, 3.8) is 0 Å². The van der Waals surface area contributed by atoms with Crippen molar-refractivity contribution in [1.29, 1.82) is 5.26 Å². The molecule has 3 heteroatoms. The van der Waals surface area contributed by atoms with E-state index in [0.717, 1.165) is 28.3 Å². The molecule has 3 rings (SSSR count). The summed E-state index contributed by atoms with van der Waals surface area (Å²) in [5, 5.41) is 11.5. The summed E-state index contributed by atoms with van der Waals surface area (Å²) in [6.07, 6.45) is 6.13. The Kier molecular flexibility index (Phi) is 5.11. The van der Waals surface area contributed by atoms with Crippen molar-refractivity contribution in [1.82, 2.24) is 4.98 Å². The van der Waals surface area contributed by atoms with Crippen molar-refractivity contribution in [2.24, 2.45) is 0 Å². The molecule has 3 aromatic rings. The molecule has 0 aliphatic carbocycles. The molecule has 0 aliphatic rings. The van der Waals surface area contributed by atoms with E-state index in [4.69, 9.17) is 0 Å². The second-order valence-electron chi connectivity index (χ2n) is 6.80. The highest BCUT2D eigenvalue weighted by Gasteiger charge is 2.21. The van der Waals surface area contributed by atoms with Gasteiger partial charge in [-0.3, -0.25) is 4.98 Å². The van der Waals surface area contributed by atoms with Gasteiger partial charge in [0.15, 0.2) is 0 Å². The van der Waals surface area contributed by atoms with Gasteiger partial charge in [-0.15, -0.1) is 11.8 Å². The maximum Gasteiger partial charge on any atom is 0.0998 e. The third-order valence-electron chi connectivity index (χ3n) is 4.35. The zero-order valence-corrected chi connectivity index (χ0v) is 15.7. The van der Waals surface area contributed by atoms with Crippen molar-refractivity contribution in [2.75, 3.05) is 0 Å². The van der Waals surface area contributed by atoms with Crippen molar-refractivity contribution in [3.8, 4) is 17.2 Å². The van der Waals surface area contributed by atoms with Gasteiger partial charge >= 0.3 is 0 Å². The molecule has 126 valence electrons. The van der Waals surface area contributed by atoms with E-state index in [9.17, 15) is 5.26 Å². The third-order valence-corrected chi connectivity index (χ3v) is 5.69. The zero-order valence-electron chi connectivity index (χ0n) is 14.9. The summed E-state index contributed by atoms with van der Waals surface area (Å²) in [5.74, 6) is 0. The van der Waals surface area contributed by atoms with Gasteiger partial charge in [-0.1, -0.05) is 57.5 Å². The molecule has 0 unspecified atom stereocenters. The number of aromatic nitrogens is 1. The molecule has 0 saturated heterocycles. The van der Waals surface area contributed by atoms with Crippen LogP contribution in [-0.4, -0.2) is 9.73 Å². The number of hydrogen-bond acceptors (Lipinski definition) is 3. The number of nitriles is 1. The van der Waals surface area contributed by atoms with Gasteiger partial charge in [0.25, 0.3) is 0 Å². The van der Waals surface area contributed by atoms with E-state index in [0.29, 0.717) is 5.56 Å². The van der Waals surface area contributed by atoms with Crippen LogP contribution in [0.2, 0.25) is 0 Å². The summed E-state index contributed by atoms with van der Waals surface area (Å²) >= 11 is 1.91. The lowest BCUT2D eigenvalue weighted by Gasteiger charge is -2.25. The summed E-state index contributed by atoms with van der Waals surface area (Å²) in [5.41, 5.74) is 2.98. The zero-order chi connectivity index (χ0) is 17.9. The van der Waals surface area contributed by atoms with Crippen LogP contribution in [0, 0.1) is 11.3 Å². The molecule has 0 bridgehead atoms. The first-order valence-corrected chi connectivity index (χ1v) is 9.42. The fourth-order valence-corrected chi connectivity index (χ4v) is 4.56. The molecule has 0 amide bonds. The Balaban J connectivity index is 2.16. The van der Waals surface area contributed by atoms with Crippen LogP contribution < -0.4 is 0 Å². The van der Waals surface area contributed by atoms with E-state index >= 15 is 0 Å². The number of benzene rings is 2. The van der Waals surface area contributed by atoms with Crippen LogP contribution in [0.15, 0.2) is 59.8 Å². The smallest absolute Gasteiger partial charge is 0.0998 e. The van der Waals surface area contributed by atoms with Crippen LogP contribution in [-0.2, 0) is 0 Å². The van der Waals surface area contributed by atoms with Crippen LogP contribution in [0.1, 0.15) is 39.2 Å². The van der Waals surface area contributed by atoms with E-state index in [2.05, 4.69) is 50.0 Å². The lowest BCUT2D eigenvalue weighted by atomic mass is 9.96. The molecule has 0 saturated carbocycles. The minimum absolute atomic E-state index is 0.174. The molecule has 1 heterocycles. The van der Waals surface area contributed by atoms with Crippen molar-refractivity contribution in [2.45, 2.75) is 43.3 Å². The molecular weight excluding hydrogens is 324 g/mol. The van der Waals surface area contributed by atoms with E-state index in [-0.39, 0.29) is 4.75 Å². The first-order chi connectivity index (χ1) is 12.1. The fraction of sp³-hybridized carbons (Fsp3) is 0.273. The second kappa shape index (κ2) is 7.29. The van der Waals surface area contributed by atoms with E-state index in [1.807, 2.05) is 48.4 Å². The Hall–Kier alpha value is -2.31. The Labute approximate surface area is 153 Å². The SMILES string of the molecule is CCCC(C)(C)Sc1ccncc1-c1ccc(C#N)c2ccccc12. The Bertz CT molecular complexity index is 938. The van der Waals surface area contributed by atoms with E-state index in [1.54, 1.807) is 0 Å². The van der Waals surface area contributed by atoms with Gasteiger partial charge < -0.3 is 0 Å². The number of hydrogen-bond donors (Lipinski definition) is 0. The Morgan fingerprint density at radius 1 is 1.04 bits per heavy atom. The number of pyridine rings is 1. The van der Waals surface area contributed by atoms with Gasteiger partial charge in [-0.05, 0) is 29.5 Å². The van der Waals surface area contributed by atoms with E-state index in [1.165, 1.54) is 11.3 Å². The summed E-state index contributed by atoms with van der Waals surface area (Å²) in [6, 6.07) is 16.5. The minimum Gasteiger partial charge on any atom is -0.264 e. The first kappa shape index (κ1) is 17.5. The maximum atomic E-state index is 9.40. The summed E-state index contributed by atoms with van der Waals surface area (Å²) in [6.45, 7) is 6.81. The molecule has 0 aliphatic heterocycles. The van der Waals surface area contributed by atoms with Gasteiger partial charge in [0, 0.05) is 33.0 Å². The maximum absolute atomic E-state index is 9.40. The summed E-state index contributed by atoms with van der Waals surface area (Å²) in [7, 11) is 0. The van der Waals surface area contributed by atoms with Crippen LogP contribution >= 0.6 is 11.8 Å². The molecule has 0 N–H and O–H groups in total. The number of thioether (sulfide) groups is 1. The molecule has 0 fully saturated rings.